The molecular formula is C11H23N3O3. The summed E-state index contributed by atoms with van der Waals surface area (Å²) in [5.41, 5.74) is 5.32. The molecule has 1 unspecified atom stereocenters. The normalized spacial score (nSPS) is 13.4. The first-order chi connectivity index (χ1) is 8.13. The van der Waals surface area contributed by atoms with Crippen molar-refractivity contribution in [2.45, 2.75) is 33.1 Å². The third-order valence-corrected chi connectivity index (χ3v) is 2.36. The summed E-state index contributed by atoms with van der Waals surface area (Å²) in [6.45, 7) is 5.64. The Balaban J connectivity index is 3.52. The number of nitrogens with one attached hydrogen (secondary N) is 1. The summed E-state index contributed by atoms with van der Waals surface area (Å²) < 4.78 is 5.35. The maximum atomic E-state index is 11.5. The van der Waals surface area contributed by atoms with E-state index in [1.54, 1.807) is 6.92 Å². The Morgan fingerprint density at radius 3 is 2.71 bits per heavy atom. The molecule has 0 aromatic heterocycles. The molecule has 1 amide bonds. The summed E-state index contributed by atoms with van der Waals surface area (Å²) in [5, 5.41) is 13.9. The van der Waals surface area contributed by atoms with Crippen molar-refractivity contribution in [2.24, 2.45) is 16.8 Å². The molecule has 100 valence electrons. The summed E-state index contributed by atoms with van der Waals surface area (Å²) in [6.07, 6.45) is 2.94. The van der Waals surface area contributed by atoms with Gasteiger partial charge < -0.3 is 21.0 Å². The van der Waals surface area contributed by atoms with Gasteiger partial charge in [0.25, 0.3) is 0 Å². The van der Waals surface area contributed by atoms with Gasteiger partial charge in [0.2, 0.25) is 5.91 Å². The number of rotatable bonds is 9. The highest BCUT2D eigenvalue weighted by molar-refractivity contribution is 6.01. The van der Waals surface area contributed by atoms with Crippen molar-refractivity contribution in [3.63, 3.8) is 0 Å². The van der Waals surface area contributed by atoms with Gasteiger partial charge >= 0.3 is 0 Å². The lowest BCUT2D eigenvalue weighted by Crippen LogP contribution is -2.37. The van der Waals surface area contributed by atoms with E-state index in [0.717, 1.165) is 25.9 Å². The van der Waals surface area contributed by atoms with Crippen LogP contribution >= 0.6 is 0 Å². The fourth-order valence-electron chi connectivity index (χ4n) is 1.11. The summed E-state index contributed by atoms with van der Waals surface area (Å²) in [4.78, 5) is 11.5. The minimum absolute atomic E-state index is 0.0818. The van der Waals surface area contributed by atoms with E-state index in [9.17, 15) is 4.79 Å². The standard InChI is InChI=1S/C11H23N3O3/c1-3-4-7-17-8-5-6-13-11(15)9(2)10(12)14-16/h9,16H,3-8H2,1-2H3,(H2,12,14)(H,13,15). The fourth-order valence-corrected chi connectivity index (χ4v) is 1.11. The van der Waals surface area contributed by atoms with Crippen LogP contribution in [0.15, 0.2) is 5.16 Å². The van der Waals surface area contributed by atoms with Crippen LogP contribution < -0.4 is 11.1 Å². The summed E-state index contributed by atoms with van der Waals surface area (Å²) in [6, 6.07) is 0. The molecule has 4 N–H and O–H groups in total. The van der Waals surface area contributed by atoms with Crippen LogP contribution in [0.5, 0.6) is 0 Å². The number of hydrogen-bond donors (Lipinski definition) is 3. The average molecular weight is 245 g/mol. The molecule has 6 heteroatoms. The Morgan fingerprint density at radius 1 is 1.47 bits per heavy atom. The number of oxime groups is 1. The summed E-state index contributed by atoms with van der Waals surface area (Å²) in [7, 11) is 0. The van der Waals surface area contributed by atoms with E-state index >= 15 is 0 Å². The Morgan fingerprint density at radius 2 is 2.12 bits per heavy atom. The molecule has 0 bridgehead atoms. The van der Waals surface area contributed by atoms with Crippen molar-refractivity contribution in [1.82, 2.24) is 5.32 Å². The third kappa shape index (κ3) is 7.57. The molecular weight excluding hydrogens is 222 g/mol. The number of amidine groups is 1. The highest BCUT2D eigenvalue weighted by atomic mass is 16.5. The molecule has 0 spiro atoms. The van der Waals surface area contributed by atoms with Gasteiger partial charge in [0, 0.05) is 19.8 Å². The summed E-state index contributed by atoms with van der Waals surface area (Å²) in [5.74, 6) is -0.934. The quantitative estimate of drug-likeness (QED) is 0.183. The van der Waals surface area contributed by atoms with Crippen LogP contribution in [0.3, 0.4) is 0 Å². The molecule has 0 fully saturated rings. The molecule has 0 aliphatic rings. The fraction of sp³-hybridized carbons (Fsp3) is 0.818. The molecule has 0 radical (unpaired) electrons. The second-order valence-electron chi connectivity index (χ2n) is 3.86. The second-order valence-corrected chi connectivity index (χ2v) is 3.86. The molecule has 0 saturated carbocycles. The molecule has 0 rings (SSSR count). The van der Waals surface area contributed by atoms with Gasteiger partial charge in [-0.2, -0.15) is 0 Å². The minimum atomic E-state index is -0.610. The maximum Gasteiger partial charge on any atom is 0.230 e. The largest absolute Gasteiger partial charge is 0.409 e. The smallest absolute Gasteiger partial charge is 0.230 e. The van der Waals surface area contributed by atoms with Gasteiger partial charge in [-0.1, -0.05) is 18.5 Å². The van der Waals surface area contributed by atoms with Gasteiger partial charge in [-0.05, 0) is 19.8 Å². The van der Waals surface area contributed by atoms with Crippen molar-refractivity contribution >= 4 is 11.7 Å². The number of carbonyl (C=O) groups is 1. The minimum Gasteiger partial charge on any atom is -0.409 e. The van der Waals surface area contributed by atoms with E-state index in [-0.39, 0.29) is 11.7 Å². The van der Waals surface area contributed by atoms with Crippen LogP contribution in [0.4, 0.5) is 0 Å². The van der Waals surface area contributed by atoms with E-state index < -0.39 is 5.92 Å². The van der Waals surface area contributed by atoms with Crippen LogP contribution in [-0.4, -0.2) is 36.7 Å². The SMILES string of the molecule is CCCCOCCCNC(=O)C(C)C(N)=NO. The molecule has 0 aliphatic carbocycles. The van der Waals surface area contributed by atoms with Gasteiger partial charge in [-0.15, -0.1) is 0 Å². The number of unbranched alkanes of at least 4 members (excludes halogenated alkanes) is 1. The molecule has 17 heavy (non-hydrogen) atoms. The summed E-state index contributed by atoms with van der Waals surface area (Å²) >= 11 is 0. The predicted octanol–water partition coefficient (Wildman–Crippen LogP) is 0.692. The van der Waals surface area contributed by atoms with E-state index in [1.807, 2.05) is 0 Å². The lowest BCUT2D eigenvalue weighted by Gasteiger charge is -2.10. The van der Waals surface area contributed by atoms with Crippen LogP contribution in [0, 0.1) is 5.92 Å². The Hall–Kier alpha value is -1.30. The Kier molecular flexibility index (Phi) is 9.14. The van der Waals surface area contributed by atoms with Crippen molar-refractivity contribution in [1.29, 1.82) is 0 Å². The number of carbonyl (C=O) groups excluding carboxylic acids is 1. The first-order valence-electron chi connectivity index (χ1n) is 5.96. The van der Waals surface area contributed by atoms with Crippen molar-refractivity contribution < 1.29 is 14.7 Å². The van der Waals surface area contributed by atoms with Gasteiger partial charge in [-0.25, -0.2) is 0 Å². The van der Waals surface area contributed by atoms with Crippen molar-refractivity contribution in [3.8, 4) is 0 Å². The molecule has 6 nitrogen and oxygen atoms in total. The Labute approximate surface area is 102 Å². The lowest BCUT2D eigenvalue weighted by atomic mass is 10.1. The zero-order valence-electron chi connectivity index (χ0n) is 10.6. The van der Waals surface area contributed by atoms with Gasteiger partial charge in [-0.3, -0.25) is 4.79 Å². The second kappa shape index (κ2) is 9.89. The predicted molar refractivity (Wildman–Crippen MR) is 65.9 cm³/mol. The molecule has 0 saturated heterocycles. The zero-order chi connectivity index (χ0) is 13.1. The van der Waals surface area contributed by atoms with Crippen LogP contribution in [0.25, 0.3) is 0 Å². The van der Waals surface area contributed by atoms with E-state index in [4.69, 9.17) is 15.7 Å². The van der Waals surface area contributed by atoms with Crippen LogP contribution in [0.1, 0.15) is 33.1 Å². The van der Waals surface area contributed by atoms with Gasteiger partial charge in [0.1, 0.15) is 0 Å². The molecule has 0 heterocycles. The monoisotopic (exact) mass is 245 g/mol. The van der Waals surface area contributed by atoms with Crippen LogP contribution in [-0.2, 0) is 9.53 Å². The highest BCUT2D eigenvalue weighted by Gasteiger charge is 2.16. The lowest BCUT2D eigenvalue weighted by molar-refractivity contribution is -0.122. The van der Waals surface area contributed by atoms with Gasteiger partial charge in [0.15, 0.2) is 5.84 Å². The van der Waals surface area contributed by atoms with Crippen molar-refractivity contribution in [3.05, 3.63) is 0 Å². The van der Waals surface area contributed by atoms with Crippen LogP contribution in [0.2, 0.25) is 0 Å². The van der Waals surface area contributed by atoms with Crippen molar-refractivity contribution in [2.75, 3.05) is 19.8 Å². The molecule has 0 aromatic rings. The third-order valence-electron chi connectivity index (χ3n) is 2.36. The number of hydrogen-bond acceptors (Lipinski definition) is 4. The maximum absolute atomic E-state index is 11.5. The van der Waals surface area contributed by atoms with E-state index in [2.05, 4.69) is 17.4 Å². The number of nitrogens with two attached hydrogens (primary N) is 1. The first-order valence-corrected chi connectivity index (χ1v) is 5.96. The highest BCUT2D eigenvalue weighted by Crippen LogP contribution is 1.95. The topological polar surface area (TPSA) is 96.9 Å². The number of ether oxygens (including phenoxy) is 1. The molecule has 0 aliphatic heterocycles. The van der Waals surface area contributed by atoms with E-state index in [0.29, 0.717) is 13.2 Å². The Bertz CT molecular complexity index is 244. The number of amides is 1. The average Bonchev–Trinajstić information content (AvgIpc) is 2.35. The number of nitrogens with zero attached hydrogens (tertiary/aromatic N) is 1. The first kappa shape index (κ1) is 15.7. The van der Waals surface area contributed by atoms with Gasteiger partial charge in [0.05, 0.1) is 5.92 Å². The molecule has 1 atom stereocenters. The van der Waals surface area contributed by atoms with E-state index in [1.165, 1.54) is 0 Å². The molecule has 0 aromatic carbocycles. The zero-order valence-corrected chi connectivity index (χ0v) is 10.6.